The predicted octanol–water partition coefficient (Wildman–Crippen LogP) is 1.16. The molecule has 0 unspecified atom stereocenters. The summed E-state index contributed by atoms with van der Waals surface area (Å²) in [6, 6.07) is 1.36. The van der Waals surface area contributed by atoms with E-state index in [0.717, 1.165) is 17.8 Å². The van der Waals surface area contributed by atoms with Crippen molar-refractivity contribution in [3.63, 3.8) is 0 Å². The van der Waals surface area contributed by atoms with Crippen molar-refractivity contribution in [2.45, 2.75) is 39.7 Å². The van der Waals surface area contributed by atoms with Gasteiger partial charge in [0, 0.05) is 11.4 Å². The van der Waals surface area contributed by atoms with Gasteiger partial charge in [0.05, 0.1) is 6.04 Å². The zero-order valence-corrected chi connectivity index (χ0v) is 9.95. The maximum atomic E-state index is 11.6. The third-order valence-corrected chi connectivity index (χ3v) is 2.15. The van der Waals surface area contributed by atoms with Crippen molar-refractivity contribution in [2.75, 3.05) is 5.32 Å². The molecule has 0 radical (unpaired) electrons. The molecule has 16 heavy (non-hydrogen) atoms. The van der Waals surface area contributed by atoms with Crippen molar-refractivity contribution in [1.29, 1.82) is 0 Å². The first-order chi connectivity index (χ1) is 7.52. The molecule has 1 atom stereocenters. The van der Waals surface area contributed by atoms with Crippen molar-refractivity contribution in [1.82, 2.24) is 9.97 Å². The molecule has 1 heterocycles. The zero-order valence-electron chi connectivity index (χ0n) is 9.95. The van der Waals surface area contributed by atoms with Crippen LogP contribution in [0.5, 0.6) is 0 Å². The summed E-state index contributed by atoms with van der Waals surface area (Å²) >= 11 is 0. The summed E-state index contributed by atoms with van der Waals surface area (Å²) < 4.78 is 0. The smallest absolute Gasteiger partial charge is 0.243 e. The van der Waals surface area contributed by atoms with E-state index < -0.39 is 6.04 Å². The van der Waals surface area contributed by atoms with Gasteiger partial charge < -0.3 is 5.73 Å². The second-order valence-electron chi connectivity index (χ2n) is 3.86. The Balaban J connectivity index is 2.69. The van der Waals surface area contributed by atoms with Crippen molar-refractivity contribution in [3.8, 4) is 0 Å². The summed E-state index contributed by atoms with van der Waals surface area (Å²) in [5, 5.41) is 2.62. The number of hydrogen-bond donors (Lipinski definition) is 2. The summed E-state index contributed by atoms with van der Waals surface area (Å²) in [7, 11) is 0. The number of aromatic nitrogens is 2. The molecule has 0 aliphatic rings. The van der Waals surface area contributed by atoms with Gasteiger partial charge in [-0.25, -0.2) is 9.97 Å². The fourth-order valence-electron chi connectivity index (χ4n) is 1.43. The number of carbonyl (C=O) groups is 1. The quantitative estimate of drug-likeness (QED) is 0.801. The second kappa shape index (κ2) is 5.55. The highest BCUT2D eigenvalue weighted by Crippen LogP contribution is 2.04. The lowest BCUT2D eigenvalue weighted by Crippen LogP contribution is -2.35. The number of aryl methyl sites for hydroxylation is 2. The van der Waals surface area contributed by atoms with E-state index in [1.165, 1.54) is 0 Å². The molecule has 1 amide bonds. The van der Waals surface area contributed by atoms with Gasteiger partial charge in [0.15, 0.2) is 0 Å². The minimum atomic E-state index is -0.491. The summed E-state index contributed by atoms with van der Waals surface area (Å²) in [6.45, 7) is 5.70. The molecule has 5 nitrogen and oxygen atoms in total. The molecular formula is C11H18N4O. The molecular weight excluding hydrogens is 204 g/mol. The third-order valence-electron chi connectivity index (χ3n) is 2.15. The van der Waals surface area contributed by atoms with Gasteiger partial charge in [0.2, 0.25) is 11.9 Å². The average Bonchev–Trinajstić information content (AvgIpc) is 2.16. The molecule has 0 aliphatic carbocycles. The van der Waals surface area contributed by atoms with Gasteiger partial charge in [-0.15, -0.1) is 0 Å². The van der Waals surface area contributed by atoms with E-state index in [1.807, 2.05) is 26.8 Å². The molecule has 0 bridgehead atoms. The van der Waals surface area contributed by atoms with Crippen LogP contribution in [0.2, 0.25) is 0 Å². The minimum absolute atomic E-state index is 0.230. The van der Waals surface area contributed by atoms with Crippen LogP contribution in [-0.2, 0) is 4.79 Å². The third kappa shape index (κ3) is 3.58. The molecule has 0 aromatic carbocycles. The summed E-state index contributed by atoms with van der Waals surface area (Å²) in [5.74, 6) is 0.0981. The van der Waals surface area contributed by atoms with Crippen molar-refractivity contribution in [2.24, 2.45) is 5.73 Å². The van der Waals surface area contributed by atoms with Crippen LogP contribution >= 0.6 is 0 Å². The number of amides is 1. The topological polar surface area (TPSA) is 80.9 Å². The average molecular weight is 222 g/mol. The molecule has 1 rings (SSSR count). The lowest BCUT2D eigenvalue weighted by Gasteiger charge is -2.10. The molecule has 0 saturated heterocycles. The highest BCUT2D eigenvalue weighted by Gasteiger charge is 2.13. The number of nitrogens with zero attached hydrogens (tertiary/aromatic N) is 2. The van der Waals surface area contributed by atoms with E-state index in [0.29, 0.717) is 12.4 Å². The number of carbonyl (C=O) groups excluding carboxylic acids is 1. The molecule has 0 spiro atoms. The Labute approximate surface area is 95.5 Å². The fraction of sp³-hybridized carbons (Fsp3) is 0.545. The lowest BCUT2D eigenvalue weighted by molar-refractivity contribution is -0.117. The molecule has 1 aromatic rings. The van der Waals surface area contributed by atoms with Crippen molar-refractivity contribution < 1.29 is 4.79 Å². The Kier molecular flexibility index (Phi) is 4.37. The van der Waals surface area contributed by atoms with Gasteiger partial charge in [-0.1, -0.05) is 13.3 Å². The lowest BCUT2D eigenvalue weighted by atomic mass is 10.2. The van der Waals surface area contributed by atoms with Crippen LogP contribution in [0.3, 0.4) is 0 Å². The minimum Gasteiger partial charge on any atom is -0.320 e. The van der Waals surface area contributed by atoms with Gasteiger partial charge in [0.1, 0.15) is 0 Å². The van der Waals surface area contributed by atoms with E-state index in [1.54, 1.807) is 0 Å². The van der Waals surface area contributed by atoms with Crippen LogP contribution in [0.15, 0.2) is 6.07 Å². The van der Waals surface area contributed by atoms with Crippen molar-refractivity contribution in [3.05, 3.63) is 17.5 Å². The summed E-state index contributed by atoms with van der Waals surface area (Å²) in [4.78, 5) is 19.8. The fourth-order valence-corrected chi connectivity index (χ4v) is 1.43. The Hall–Kier alpha value is -1.49. The van der Waals surface area contributed by atoms with Crippen LogP contribution in [0.25, 0.3) is 0 Å². The van der Waals surface area contributed by atoms with E-state index >= 15 is 0 Å². The number of nitrogens with one attached hydrogen (secondary N) is 1. The summed E-state index contributed by atoms with van der Waals surface area (Å²) in [6.07, 6.45) is 1.54. The van der Waals surface area contributed by atoms with Gasteiger partial charge in [-0.2, -0.15) is 0 Å². The van der Waals surface area contributed by atoms with Gasteiger partial charge in [-0.05, 0) is 26.3 Å². The van der Waals surface area contributed by atoms with E-state index in [2.05, 4.69) is 15.3 Å². The van der Waals surface area contributed by atoms with Crippen LogP contribution in [0, 0.1) is 13.8 Å². The maximum absolute atomic E-state index is 11.6. The second-order valence-corrected chi connectivity index (χ2v) is 3.86. The maximum Gasteiger partial charge on any atom is 0.243 e. The number of anilines is 1. The van der Waals surface area contributed by atoms with E-state index in [4.69, 9.17) is 5.73 Å². The van der Waals surface area contributed by atoms with Crippen LogP contribution < -0.4 is 11.1 Å². The van der Waals surface area contributed by atoms with E-state index in [-0.39, 0.29) is 5.91 Å². The first-order valence-corrected chi connectivity index (χ1v) is 5.41. The Morgan fingerprint density at radius 1 is 1.44 bits per heavy atom. The number of rotatable bonds is 4. The molecule has 0 fully saturated rings. The monoisotopic (exact) mass is 222 g/mol. The highest BCUT2D eigenvalue weighted by molar-refractivity contribution is 5.93. The van der Waals surface area contributed by atoms with Crippen molar-refractivity contribution >= 4 is 11.9 Å². The Morgan fingerprint density at radius 2 is 2.00 bits per heavy atom. The largest absolute Gasteiger partial charge is 0.320 e. The SMILES string of the molecule is CCC[C@@H](N)C(=O)Nc1nc(C)cc(C)n1. The molecule has 5 heteroatoms. The van der Waals surface area contributed by atoms with Crippen LogP contribution in [0.4, 0.5) is 5.95 Å². The first kappa shape index (κ1) is 12.6. The van der Waals surface area contributed by atoms with Gasteiger partial charge in [-0.3, -0.25) is 10.1 Å². The molecule has 88 valence electrons. The molecule has 1 aromatic heterocycles. The first-order valence-electron chi connectivity index (χ1n) is 5.41. The molecule has 3 N–H and O–H groups in total. The summed E-state index contributed by atoms with van der Waals surface area (Å²) in [5.41, 5.74) is 7.34. The van der Waals surface area contributed by atoms with Crippen LogP contribution in [-0.4, -0.2) is 21.9 Å². The number of nitrogens with two attached hydrogens (primary N) is 1. The van der Waals surface area contributed by atoms with Crippen LogP contribution in [0.1, 0.15) is 31.2 Å². The van der Waals surface area contributed by atoms with E-state index in [9.17, 15) is 4.79 Å². The highest BCUT2D eigenvalue weighted by atomic mass is 16.2. The Morgan fingerprint density at radius 3 is 2.50 bits per heavy atom. The zero-order chi connectivity index (χ0) is 12.1. The van der Waals surface area contributed by atoms with Gasteiger partial charge >= 0.3 is 0 Å². The molecule has 0 saturated carbocycles. The molecule has 0 aliphatic heterocycles. The predicted molar refractivity (Wildman–Crippen MR) is 63.0 cm³/mol. The standard InChI is InChI=1S/C11H18N4O/c1-4-5-9(12)10(16)15-11-13-7(2)6-8(3)14-11/h6,9H,4-5,12H2,1-3H3,(H,13,14,15,16)/t9-/m1/s1. The normalized spacial score (nSPS) is 12.2. The van der Waals surface area contributed by atoms with Gasteiger partial charge in [0.25, 0.3) is 0 Å². The Bertz CT molecular complexity index is 358. The number of hydrogen-bond acceptors (Lipinski definition) is 4.